The molecule has 3 aromatic rings. The van der Waals surface area contributed by atoms with Crippen LogP contribution in [0.4, 0.5) is 21.1 Å². The first-order valence-corrected chi connectivity index (χ1v) is 8.56. The number of anilines is 2. The summed E-state index contributed by atoms with van der Waals surface area (Å²) < 4.78 is 0. The molecule has 1 aliphatic heterocycles. The molecule has 0 bridgehead atoms. The van der Waals surface area contributed by atoms with Crippen molar-refractivity contribution >= 4 is 34.5 Å². The van der Waals surface area contributed by atoms with Crippen LogP contribution in [-0.2, 0) is 6.54 Å². The minimum Gasteiger partial charge on any atom is -0.465 e. The normalized spacial score (nSPS) is 14.6. The zero-order chi connectivity index (χ0) is 19.1. The number of fused-ring (bicyclic) bond motifs is 2. The number of nitrogens with one attached hydrogen (secondary N) is 2. The van der Waals surface area contributed by atoms with Gasteiger partial charge in [-0.05, 0) is 30.2 Å². The summed E-state index contributed by atoms with van der Waals surface area (Å²) in [5.41, 5.74) is 3.33. The summed E-state index contributed by atoms with van der Waals surface area (Å²) in [4.78, 5) is 26.7. The maximum atomic E-state index is 12.6. The molecule has 8 nitrogen and oxygen atoms in total. The third-order valence-corrected chi connectivity index (χ3v) is 4.96. The molecule has 1 aliphatic rings. The van der Waals surface area contributed by atoms with Crippen molar-refractivity contribution in [1.82, 2.24) is 15.1 Å². The molecule has 0 radical (unpaired) electrons. The van der Waals surface area contributed by atoms with Crippen molar-refractivity contribution in [2.45, 2.75) is 19.5 Å². The minimum absolute atomic E-state index is 0.0967. The van der Waals surface area contributed by atoms with Gasteiger partial charge < -0.3 is 15.3 Å². The number of H-pyrrole nitrogens is 1. The van der Waals surface area contributed by atoms with Gasteiger partial charge in [0.05, 0.1) is 18.1 Å². The zero-order valence-electron chi connectivity index (χ0n) is 14.9. The molecule has 1 atom stereocenters. The van der Waals surface area contributed by atoms with E-state index in [1.165, 1.54) is 7.05 Å². The second-order valence-electron chi connectivity index (χ2n) is 6.59. The van der Waals surface area contributed by atoms with E-state index in [2.05, 4.69) is 15.5 Å². The number of carbonyl (C=O) groups is 2. The third-order valence-electron chi connectivity index (χ3n) is 4.96. The molecule has 0 spiro atoms. The maximum absolute atomic E-state index is 12.6. The molecule has 2 aromatic carbocycles. The van der Waals surface area contributed by atoms with E-state index in [4.69, 9.17) is 0 Å². The smallest absolute Gasteiger partial charge is 0.412 e. The van der Waals surface area contributed by atoms with E-state index in [1.807, 2.05) is 43.3 Å². The van der Waals surface area contributed by atoms with Gasteiger partial charge in [-0.15, -0.1) is 0 Å². The Morgan fingerprint density at radius 3 is 2.74 bits per heavy atom. The molecule has 8 heteroatoms. The number of amides is 3. The lowest BCUT2D eigenvalue weighted by molar-refractivity contribution is 0.186. The number of carbonyl (C=O) groups excluding carboxylic acids is 1. The van der Waals surface area contributed by atoms with E-state index in [1.54, 1.807) is 11.0 Å². The van der Waals surface area contributed by atoms with Gasteiger partial charge in [-0.25, -0.2) is 9.59 Å². The van der Waals surface area contributed by atoms with Crippen LogP contribution in [0.5, 0.6) is 0 Å². The van der Waals surface area contributed by atoms with Crippen molar-refractivity contribution in [2.75, 3.05) is 17.3 Å². The van der Waals surface area contributed by atoms with Crippen LogP contribution in [-0.4, -0.2) is 39.4 Å². The molecule has 3 amide bonds. The fourth-order valence-corrected chi connectivity index (χ4v) is 3.36. The van der Waals surface area contributed by atoms with E-state index in [0.29, 0.717) is 29.0 Å². The van der Waals surface area contributed by atoms with E-state index >= 15 is 0 Å². The summed E-state index contributed by atoms with van der Waals surface area (Å²) in [6.07, 6.45) is -1.09. The lowest BCUT2D eigenvalue weighted by Gasteiger charge is -2.34. The third kappa shape index (κ3) is 2.84. The van der Waals surface area contributed by atoms with Gasteiger partial charge in [0.15, 0.2) is 5.82 Å². The molecular weight excluding hydrogens is 346 g/mol. The molecule has 27 heavy (non-hydrogen) atoms. The molecule has 0 saturated heterocycles. The summed E-state index contributed by atoms with van der Waals surface area (Å²) in [7, 11) is 1.45. The fraction of sp³-hybridized carbons (Fsp3) is 0.211. The predicted octanol–water partition coefficient (Wildman–Crippen LogP) is 3.79. The highest BCUT2D eigenvalue weighted by molar-refractivity contribution is 6.02. The number of carboxylic acid groups (broad SMARTS) is 1. The SMILES string of the molecule is C[C@H](c1ccccc1)N1Cc2cc3c(N(C)C(=O)O)n[nH]c3cc2NC1=O. The number of aromatic amines is 1. The summed E-state index contributed by atoms with van der Waals surface area (Å²) >= 11 is 0. The quantitative estimate of drug-likeness (QED) is 0.657. The summed E-state index contributed by atoms with van der Waals surface area (Å²) in [5, 5.41) is 19.8. The fourth-order valence-electron chi connectivity index (χ4n) is 3.36. The van der Waals surface area contributed by atoms with E-state index in [-0.39, 0.29) is 12.1 Å². The zero-order valence-corrected chi connectivity index (χ0v) is 14.9. The molecule has 2 heterocycles. The van der Waals surface area contributed by atoms with Crippen LogP contribution in [0.3, 0.4) is 0 Å². The van der Waals surface area contributed by atoms with Gasteiger partial charge in [0.1, 0.15) is 0 Å². The van der Waals surface area contributed by atoms with Crippen LogP contribution < -0.4 is 10.2 Å². The van der Waals surface area contributed by atoms with Gasteiger partial charge in [0.25, 0.3) is 0 Å². The number of hydrogen-bond acceptors (Lipinski definition) is 3. The largest absolute Gasteiger partial charge is 0.465 e. The Balaban J connectivity index is 1.72. The highest BCUT2D eigenvalue weighted by Gasteiger charge is 2.28. The number of urea groups is 1. The van der Waals surface area contributed by atoms with Crippen molar-refractivity contribution in [3.05, 3.63) is 53.6 Å². The van der Waals surface area contributed by atoms with Gasteiger partial charge in [-0.3, -0.25) is 10.00 Å². The summed E-state index contributed by atoms with van der Waals surface area (Å²) in [5.74, 6) is 0.333. The molecule has 3 N–H and O–H groups in total. The van der Waals surface area contributed by atoms with Gasteiger partial charge in [-0.1, -0.05) is 30.3 Å². The number of hydrogen-bond donors (Lipinski definition) is 3. The van der Waals surface area contributed by atoms with E-state index in [9.17, 15) is 14.7 Å². The Labute approximate surface area is 155 Å². The monoisotopic (exact) mass is 365 g/mol. The van der Waals surface area contributed by atoms with Crippen molar-refractivity contribution in [1.29, 1.82) is 0 Å². The Morgan fingerprint density at radius 2 is 2.04 bits per heavy atom. The first kappa shape index (κ1) is 16.9. The van der Waals surface area contributed by atoms with Crippen molar-refractivity contribution in [2.24, 2.45) is 0 Å². The first-order valence-electron chi connectivity index (χ1n) is 8.56. The van der Waals surface area contributed by atoms with Crippen LogP contribution in [0.25, 0.3) is 10.9 Å². The van der Waals surface area contributed by atoms with Crippen LogP contribution in [0.2, 0.25) is 0 Å². The molecule has 0 fully saturated rings. The Hall–Kier alpha value is -3.55. The van der Waals surface area contributed by atoms with Gasteiger partial charge in [0.2, 0.25) is 0 Å². The van der Waals surface area contributed by atoms with Crippen LogP contribution in [0.15, 0.2) is 42.5 Å². The van der Waals surface area contributed by atoms with Crippen LogP contribution >= 0.6 is 0 Å². The number of benzene rings is 2. The molecule has 0 unspecified atom stereocenters. The Kier molecular flexibility index (Phi) is 3.95. The van der Waals surface area contributed by atoms with Crippen molar-refractivity contribution in [3.63, 3.8) is 0 Å². The topological polar surface area (TPSA) is 102 Å². The predicted molar refractivity (Wildman–Crippen MR) is 102 cm³/mol. The van der Waals surface area contributed by atoms with E-state index in [0.717, 1.165) is 16.0 Å². The molecule has 0 saturated carbocycles. The van der Waals surface area contributed by atoms with Crippen LogP contribution in [0.1, 0.15) is 24.1 Å². The van der Waals surface area contributed by atoms with Crippen molar-refractivity contribution < 1.29 is 14.7 Å². The molecular formula is C19H19N5O3. The second-order valence-corrected chi connectivity index (χ2v) is 6.59. The molecule has 138 valence electrons. The van der Waals surface area contributed by atoms with Gasteiger partial charge >= 0.3 is 12.1 Å². The van der Waals surface area contributed by atoms with Gasteiger partial charge in [-0.2, -0.15) is 5.10 Å². The standard InChI is InChI=1S/C19H19N5O3/c1-11(12-6-4-3-5-7-12)24-10-13-8-14-16(9-15(13)20-18(24)25)21-22-17(14)23(2)19(26)27/h3-9,11H,10H2,1-2H3,(H,20,25)(H,21,22)(H,26,27)/t11-/m1/s1. The highest BCUT2D eigenvalue weighted by atomic mass is 16.4. The summed E-state index contributed by atoms with van der Waals surface area (Å²) in [6.45, 7) is 2.41. The van der Waals surface area contributed by atoms with Crippen molar-refractivity contribution in [3.8, 4) is 0 Å². The average molecular weight is 365 g/mol. The highest BCUT2D eigenvalue weighted by Crippen LogP contribution is 2.34. The minimum atomic E-state index is -1.09. The second kappa shape index (κ2) is 6.31. The molecule has 1 aromatic heterocycles. The molecule has 0 aliphatic carbocycles. The van der Waals surface area contributed by atoms with E-state index < -0.39 is 6.09 Å². The average Bonchev–Trinajstić information content (AvgIpc) is 3.07. The Bertz CT molecular complexity index is 1030. The maximum Gasteiger partial charge on any atom is 0.412 e. The summed E-state index contributed by atoms with van der Waals surface area (Å²) in [6, 6.07) is 13.2. The number of nitrogens with zero attached hydrogens (tertiary/aromatic N) is 3. The first-order chi connectivity index (χ1) is 13.0. The lowest BCUT2D eigenvalue weighted by atomic mass is 10.0. The lowest BCUT2D eigenvalue weighted by Crippen LogP contribution is -2.40. The Morgan fingerprint density at radius 1 is 1.30 bits per heavy atom. The van der Waals surface area contributed by atoms with Gasteiger partial charge in [0, 0.05) is 18.1 Å². The molecule has 4 rings (SSSR count). The number of rotatable bonds is 3. The van der Waals surface area contributed by atoms with Crippen LogP contribution in [0, 0.1) is 0 Å². The number of aromatic nitrogens is 2.